The quantitative estimate of drug-likeness (QED) is 0.726. The van der Waals surface area contributed by atoms with Crippen LogP contribution in [0.2, 0.25) is 0 Å². The number of morpholine rings is 1. The zero-order chi connectivity index (χ0) is 19.1. The van der Waals surface area contributed by atoms with Crippen LogP contribution < -0.4 is 5.32 Å². The monoisotopic (exact) mass is 408 g/mol. The zero-order valence-corrected chi connectivity index (χ0v) is 16.7. The fraction of sp³-hybridized carbons (Fsp3) is 0.421. The van der Waals surface area contributed by atoms with Crippen LogP contribution in [0.5, 0.6) is 0 Å². The molecule has 1 saturated heterocycles. The number of nitrogens with zero attached hydrogens (tertiary/aromatic N) is 1. The maximum atomic E-state index is 12.7. The van der Waals surface area contributed by atoms with Crippen molar-refractivity contribution in [2.24, 2.45) is 0 Å². The van der Waals surface area contributed by atoms with E-state index in [-0.39, 0.29) is 11.7 Å². The molecule has 0 aliphatic carbocycles. The molecule has 1 fully saturated rings. The van der Waals surface area contributed by atoms with Crippen molar-refractivity contribution in [2.45, 2.75) is 25.1 Å². The minimum absolute atomic E-state index is 0.0331. The minimum atomic E-state index is -3.40. The Morgan fingerprint density at radius 1 is 1.11 bits per heavy atom. The number of amides is 1. The third-order valence-corrected chi connectivity index (χ3v) is 7.24. The molecule has 8 heteroatoms. The van der Waals surface area contributed by atoms with Gasteiger partial charge in [0.05, 0.1) is 19.0 Å². The lowest BCUT2D eigenvalue weighted by atomic mass is 10.1. The van der Waals surface area contributed by atoms with E-state index in [9.17, 15) is 13.2 Å². The van der Waals surface area contributed by atoms with Gasteiger partial charge in [0.15, 0.2) is 0 Å². The van der Waals surface area contributed by atoms with Crippen LogP contribution in [0.25, 0.3) is 0 Å². The molecular weight excluding hydrogens is 384 g/mol. The van der Waals surface area contributed by atoms with Crippen molar-refractivity contribution in [3.8, 4) is 0 Å². The predicted molar refractivity (Wildman–Crippen MR) is 106 cm³/mol. The third-order valence-electron chi connectivity index (χ3n) is 4.47. The molecule has 6 nitrogen and oxygen atoms in total. The predicted octanol–water partition coefficient (Wildman–Crippen LogP) is 2.16. The van der Waals surface area contributed by atoms with E-state index < -0.39 is 10.0 Å². The molecule has 1 aromatic heterocycles. The lowest BCUT2D eigenvalue weighted by Gasteiger charge is -2.26. The minimum Gasteiger partial charge on any atom is -0.379 e. The number of benzene rings is 1. The highest BCUT2D eigenvalue weighted by atomic mass is 32.2. The smallest absolute Gasteiger partial charge is 0.220 e. The topological polar surface area (TPSA) is 75.7 Å². The average Bonchev–Trinajstić information content (AvgIpc) is 3.20. The Labute approximate surface area is 164 Å². The van der Waals surface area contributed by atoms with Gasteiger partial charge >= 0.3 is 0 Å². The highest BCUT2D eigenvalue weighted by Gasteiger charge is 2.25. The number of nitrogens with one attached hydrogen (secondary N) is 1. The van der Waals surface area contributed by atoms with Gasteiger partial charge in [-0.25, -0.2) is 8.42 Å². The van der Waals surface area contributed by atoms with Crippen molar-refractivity contribution in [2.75, 3.05) is 26.3 Å². The van der Waals surface area contributed by atoms with Crippen LogP contribution in [0.4, 0.5) is 0 Å². The highest BCUT2D eigenvalue weighted by Crippen LogP contribution is 2.17. The SMILES string of the molecule is O=C(CCc1cccs1)NCc1ccccc1CS(=O)(=O)N1CCOCC1. The number of thiophene rings is 1. The second-order valence-electron chi connectivity index (χ2n) is 6.39. The van der Waals surface area contributed by atoms with Gasteiger partial charge in [-0.1, -0.05) is 30.3 Å². The summed E-state index contributed by atoms with van der Waals surface area (Å²) >= 11 is 1.64. The summed E-state index contributed by atoms with van der Waals surface area (Å²) in [6.45, 7) is 1.98. The molecule has 146 valence electrons. The van der Waals surface area contributed by atoms with E-state index >= 15 is 0 Å². The Bertz CT molecular complexity index is 844. The molecule has 0 bridgehead atoms. The summed E-state index contributed by atoms with van der Waals surface area (Å²) in [6, 6.07) is 11.4. The van der Waals surface area contributed by atoms with Gasteiger partial charge in [-0.15, -0.1) is 11.3 Å². The van der Waals surface area contributed by atoms with Gasteiger partial charge in [-0.3, -0.25) is 4.79 Å². The van der Waals surface area contributed by atoms with Gasteiger partial charge in [0.25, 0.3) is 0 Å². The number of hydrogen-bond donors (Lipinski definition) is 1. The van der Waals surface area contributed by atoms with E-state index in [0.717, 1.165) is 17.5 Å². The van der Waals surface area contributed by atoms with Crippen molar-refractivity contribution < 1.29 is 17.9 Å². The number of sulfonamides is 1. The van der Waals surface area contributed by atoms with Crippen LogP contribution in [-0.2, 0) is 38.3 Å². The van der Waals surface area contributed by atoms with Crippen LogP contribution >= 0.6 is 11.3 Å². The van der Waals surface area contributed by atoms with Crippen LogP contribution in [0.15, 0.2) is 41.8 Å². The Balaban J connectivity index is 1.57. The Hall–Kier alpha value is -1.74. The first kappa shape index (κ1) is 20.0. The molecule has 1 aliphatic rings. The molecule has 1 aliphatic heterocycles. The van der Waals surface area contributed by atoms with Gasteiger partial charge in [0.2, 0.25) is 15.9 Å². The van der Waals surface area contributed by atoms with Crippen molar-refractivity contribution in [1.82, 2.24) is 9.62 Å². The fourth-order valence-corrected chi connectivity index (χ4v) is 5.23. The van der Waals surface area contributed by atoms with Crippen molar-refractivity contribution in [3.63, 3.8) is 0 Å². The highest BCUT2D eigenvalue weighted by molar-refractivity contribution is 7.88. The summed E-state index contributed by atoms with van der Waals surface area (Å²) < 4.78 is 32.0. The number of ether oxygens (including phenoxy) is 1. The summed E-state index contributed by atoms with van der Waals surface area (Å²) in [5, 5.41) is 4.90. The molecule has 0 unspecified atom stereocenters. The molecule has 2 aromatic rings. The van der Waals surface area contributed by atoms with Gasteiger partial charge < -0.3 is 10.1 Å². The summed E-state index contributed by atoms with van der Waals surface area (Å²) in [5.41, 5.74) is 1.56. The van der Waals surface area contributed by atoms with Crippen LogP contribution in [0.1, 0.15) is 22.4 Å². The normalized spacial score (nSPS) is 15.6. The molecule has 1 aromatic carbocycles. The molecular formula is C19H24N2O4S2. The molecule has 3 rings (SSSR count). The van der Waals surface area contributed by atoms with Crippen molar-refractivity contribution in [3.05, 3.63) is 57.8 Å². The summed E-state index contributed by atoms with van der Waals surface area (Å²) in [7, 11) is -3.40. The van der Waals surface area contributed by atoms with Crippen molar-refractivity contribution in [1.29, 1.82) is 0 Å². The largest absolute Gasteiger partial charge is 0.379 e. The van der Waals surface area contributed by atoms with Gasteiger partial charge in [-0.2, -0.15) is 4.31 Å². The lowest BCUT2D eigenvalue weighted by molar-refractivity contribution is -0.121. The van der Waals surface area contributed by atoms with E-state index in [0.29, 0.717) is 39.3 Å². The number of aryl methyl sites for hydroxylation is 1. The molecule has 1 N–H and O–H groups in total. The van der Waals surface area contributed by atoms with Gasteiger partial charge in [0.1, 0.15) is 0 Å². The Kier molecular flexibility index (Phi) is 7.01. The van der Waals surface area contributed by atoms with Gasteiger partial charge in [0, 0.05) is 30.9 Å². The van der Waals surface area contributed by atoms with Crippen LogP contribution in [0, 0.1) is 0 Å². The molecule has 2 heterocycles. The Morgan fingerprint density at radius 3 is 2.56 bits per heavy atom. The molecule has 0 spiro atoms. The second kappa shape index (κ2) is 9.45. The standard InChI is InChI=1S/C19H24N2O4S2/c22-19(8-7-18-6-3-13-26-18)20-14-16-4-1-2-5-17(16)15-27(23,24)21-9-11-25-12-10-21/h1-6,13H,7-12,14-15H2,(H,20,22). The second-order valence-corrected chi connectivity index (χ2v) is 9.39. The number of carbonyl (C=O) groups excluding carboxylic acids is 1. The first-order valence-corrected chi connectivity index (χ1v) is 11.4. The maximum absolute atomic E-state index is 12.7. The van der Waals surface area contributed by atoms with Crippen LogP contribution in [0.3, 0.4) is 0 Å². The molecule has 1 amide bonds. The summed E-state index contributed by atoms with van der Waals surface area (Å²) in [6.07, 6.45) is 1.14. The first-order valence-electron chi connectivity index (χ1n) is 8.96. The number of hydrogen-bond acceptors (Lipinski definition) is 5. The van der Waals surface area contributed by atoms with E-state index in [1.807, 2.05) is 41.8 Å². The summed E-state index contributed by atoms with van der Waals surface area (Å²) in [5.74, 6) is -0.0944. The third kappa shape index (κ3) is 5.87. The average molecular weight is 409 g/mol. The van der Waals surface area contributed by atoms with E-state index in [1.54, 1.807) is 11.3 Å². The fourth-order valence-electron chi connectivity index (χ4n) is 2.96. The van der Waals surface area contributed by atoms with E-state index in [1.165, 1.54) is 9.18 Å². The van der Waals surface area contributed by atoms with E-state index in [4.69, 9.17) is 4.74 Å². The molecule has 0 radical (unpaired) electrons. The van der Waals surface area contributed by atoms with E-state index in [2.05, 4.69) is 5.32 Å². The first-order chi connectivity index (χ1) is 13.0. The molecule has 0 atom stereocenters. The molecule has 27 heavy (non-hydrogen) atoms. The van der Waals surface area contributed by atoms with Crippen LogP contribution in [-0.4, -0.2) is 44.9 Å². The van der Waals surface area contributed by atoms with Crippen molar-refractivity contribution >= 4 is 27.3 Å². The number of rotatable bonds is 8. The number of carbonyl (C=O) groups is 1. The lowest BCUT2D eigenvalue weighted by Crippen LogP contribution is -2.41. The summed E-state index contributed by atoms with van der Waals surface area (Å²) in [4.78, 5) is 13.3. The van der Waals surface area contributed by atoms with Gasteiger partial charge in [-0.05, 0) is 29.0 Å². The zero-order valence-electron chi connectivity index (χ0n) is 15.1. The Morgan fingerprint density at radius 2 is 1.85 bits per heavy atom. The molecule has 0 saturated carbocycles. The maximum Gasteiger partial charge on any atom is 0.220 e.